The van der Waals surface area contributed by atoms with E-state index in [4.69, 9.17) is 4.74 Å². The fraction of sp³-hybridized carbons (Fsp3) is 0.118. The summed E-state index contributed by atoms with van der Waals surface area (Å²) in [4.78, 5) is 11.5. The predicted octanol–water partition coefficient (Wildman–Crippen LogP) is 3.17. The second-order valence-corrected chi connectivity index (χ2v) is 4.39. The number of carbonyl (C=O) groups excluding carboxylic acids is 1. The van der Waals surface area contributed by atoms with Crippen molar-refractivity contribution in [3.05, 3.63) is 60.2 Å². The number of hydrogen-bond donors (Lipinski definition) is 2. The van der Waals surface area contributed by atoms with Gasteiger partial charge in [-0.05, 0) is 24.3 Å². The number of anilines is 1. The second-order valence-electron chi connectivity index (χ2n) is 4.39. The maximum Gasteiger partial charge on any atom is 0.319 e. The number of nitrogens with one attached hydrogen (secondary N) is 2. The van der Waals surface area contributed by atoms with Gasteiger partial charge in [0.05, 0.1) is 6.54 Å². The summed E-state index contributed by atoms with van der Waals surface area (Å²) >= 11 is 0. The van der Waals surface area contributed by atoms with Crippen LogP contribution in [0.5, 0.6) is 5.75 Å². The number of urea groups is 1. The fourth-order valence-corrected chi connectivity index (χ4v) is 1.64. The number of para-hydroxylation sites is 1. The van der Waals surface area contributed by atoms with Gasteiger partial charge in [-0.2, -0.15) is 0 Å². The van der Waals surface area contributed by atoms with E-state index in [9.17, 15) is 13.6 Å². The summed E-state index contributed by atoms with van der Waals surface area (Å²) in [6.07, 6.45) is 0. The predicted molar refractivity (Wildman–Crippen MR) is 83.1 cm³/mol. The Labute approximate surface area is 132 Å². The van der Waals surface area contributed by atoms with E-state index in [0.717, 1.165) is 12.1 Å². The number of rotatable bonds is 4. The van der Waals surface area contributed by atoms with Crippen molar-refractivity contribution < 1.29 is 18.3 Å². The average Bonchev–Trinajstić information content (AvgIpc) is 2.53. The van der Waals surface area contributed by atoms with Crippen molar-refractivity contribution in [2.45, 2.75) is 0 Å². The van der Waals surface area contributed by atoms with Crippen molar-refractivity contribution >= 4 is 11.7 Å². The topological polar surface area (TPSA) is 50.4 Å². The largest absolute Gasteiger partial charge is 0.478 e. The van der Waals surface area contributed by atoms with Gasteiger partial charge in [-0.1, -0.05) is 30.0 Å². The quantitative estimate of drug-likeness (QED) is 0.851. The zero-order valence-electron chi connectivity index (χ0n) is 12.1. The molecule has 0 fully saturated rings. The van der Waals surface area contributed by atoms with Crippen molar-refractivity contribution in [1.29, 1.82) is 0 Å². The van der Waals surface area contributed by atoms with Gasteiger partial charge in [-0.3, -0.25) is 0 Å². The van der Waals surface area contributed by atoms with Crippen LogP contribution in [0.25, 0.3) is 0 Å². The van der Waals surface area contributed by atoms with Crippen molar-refractivity contribution in [2.75, 3.05) is 18.5 Å². The van der Waals surface area contributed by atoms with Crippen LogP contribution in [0.1, 0.15) is 0 Å². The molecule has 0 spiro atoms. The maximum absolute atomic E-state index is 13.3. The molecule has 0 aromatic heterocycles. The molecule has 2 N–H and O–H groups in total. The fourth-order valence-electron chi connectivity index (χ4n) is 1.64. The molecule has 0 aliphatic heterocycles. The molecular weight excluding hydrogens is 302 g/mol. The Morgan fingerprint density at radius 2 is 1.87 bits per heavy atom. The lowest BCUT2D eigenvalue weighted by Crippen LogP contribution is -2.28. The van der Waals surface area contributed by atoms with E-state index < -0.39 is 11.6 Å². The molecule has 118 valence electrons. The van der Waals surface area contributed by atoms with E-state index in [-0.39, 0.29) is 24.9 Å². The molecule has 0 aliphatic rings. The molecule has 4 nitrogen and oxygen atoms in total. The van der Waals surface area contributed by atoms with Gasteiger partial charge in [0.25, 0.3) is 0 Å². The van der Waals surface area contributed by atoms with Gasteiger partial charge in [-0.25, -0.2) is 13.6 Å². The molecule has 0 bridgehead atoms. The minimum atomic E-state index is -0.785. The first-order chi connectivity index (χ1) is 11.1. The molecular formula is C17H14F2N2O2. The first-order valence-electron chi connectivity index (χ1n) is 6.78. The smallest absolute Gasteiger partial charge is 0.319 e. The van der Waals surface area contributed by atoms with Crippen LogP contribution in [0.15, 0.2) is 48.5 Å². The van der Waals surface area contributed by atoms with Crippen LogP contribution in [-0.2, 0) is 0 Å². The lowest BCUT2D eigenvalue weighted by molar-refractivity contribution is 0.253. The van der Waals surface area contributed by atoms with Crippen LogP contribution in [0.2, 0.25) is 0 Å². The summed E-state index contributed by atoms with van der Waals surface area (Å²) in [5.74, 6) is 3.75. The summed E-state index contributed by atoms with van der Waals surface area (Å²) in [6, 6.07) is 11.6. The van der Waals surface area contributed by atoms with Gasteiger partial charge in [0.1, 0.15) is 12.4 Å². The number of amides is 2. The zero-order chi connectivity index (χ0) is 16.5. The molecule has 2 rings (SSSR count). The van der Waals surface area contributed by atoms with Gasteiger partial charge in [-0.15, -0.1) is 0 Å². The van der Waals surface area contributed by atoms with Crippen molar-refractivity contribution in [1.82, 2.24) is 5.32 Å². The number of ether oxygens (including phenoxy) is 1. The molecule has 2 aromatic carbocycles. The highest BCUT2D eigenvalue weighted by Crippen LogP contribution is 2.17. The van der Waals surface area contributed by atoms with Crippen LogP contribution < -0.4 is 15.4 Å². The molecule has 0 heterocycles. The summed E-state index contributed by atoms with van der Waals surface area (Å²) < 4.78 is 31.0. The number of carbonyl (C=O) groups is 1. The van der Waals surface area contributed by atoms with Crippen molar-refractivity contribution in [3.8, 4) is 17.6 Å². The molecule has 2 aromatic rings. The Kier molecular flexibility index (Phi) is 5.95. The van der Waals surface area contributed by atoms with E-state index in [1.54, 1.807) is 24.3 Å². The lowest BCUT2D eigenvalue weighted by Gasteiger charge is -2.04. The van der Waals surface area contributed by atoms with Gasteiger partial charge in [0.2, 0.25) is 0 Å². The summed E-state index contributed by atoms with van der Waals surface area (Å²) in [5, 5.41) is 5.18. The molecule has 6 heteroatoms. The minimum Gasteiger partial charge on any atom is -0.478 e. The molecule has 0 unspecified atom stereocenters. The lowest BCUT2D eigenvalue weighted by atomic mass is 10.3. The maximum atomic E-state index is 13.3. The van der Waals surface area contributed by atoms with Crippen LogP contribution in [0.3, 0.4) is 0 Å². The SMILES string of the molecule is O=C(NCC#CCOc1ccc(F)cc1F)Nc1ccccc1. The third-order valence-electron chi connectivity index (χ3n) is 2.69. The Morgan fingerprint density at radius 1 is 1.09 bits per heavy atom. The molecule has 0 radical (unpaired) electrons. The van der Waals surface area contributed by atoms with Crippen LogP contribution >= 0.6 is 0 Å². The Balaban J connectivity index is 1.69. The Bertz CT molecular complexity index is 724. The van der Waals surface area contributed by atoms with Gasteiger partial charge in [0.15, 0.2) is 11.6 Å². The van der Waals surface area contributed by atoms with Crippen molar-refractivity contribution in [2.24, 2.45) is 0 Å². The third-order valence-corrected chi connectivity index (χ3v) is 2.69. The number of benzene rings is 2. The number of hydrogen-bond acceptors (Lipinski definition) is 2. The van der Waals surface area contributed by atoms with Crippen LogP contribution in [0.4, 0.5) is 19.3 Å². The molecule has 0 atom stereocenters. The molecule has 2 amide bonds. The van der Waals surface area contributed by atoms with E-state index in [1.807, 2.05) is 6.07 Å². The van der Waals surface area contributed by atoms with E-state index >= 15 is 0 Å². The Morgan fingerprint density at radius 3 is 2.61 bits per heavy atom. The van der Waals surface area contributed by atoms with Gasteiger partial charge in [0, 0.05) is 11.8 Å². The normalized spacial score (nSPS) is 9.48. The Hall–Kier alpha value is -3.07. The number of halogens is 2. The van der Waals surface area contributed by atoms with E-state index in [0.29, 0.717) is 5.69 Å². The highest BCUT2D eigenvalue weighted by Gasteiger charge is 2.03. The highest BCUT2D eigenvalue weighted by atomic mass is 19.1. The molecule has 0 aliphatic carbocycles. The van der Waals surface area contributed by atoms with Gasteiger partial charge < -0.3 is 15.4 Å². The monoisotopic (exact) mass is 316 g/mol. The highest BCUT2D eigenvalue weighted by molar-refractivity contribution is 5.89. The molecule has 0 saturated heterocycles. The summed E-state index contributed by atoms with van der Waals surface area (Å²) in [7, 11) is 0. The first-order valence-corrected chi connectivity index (χ1v) is 6.78. The minimum absolute atomic E-state index is 0.0649. The standard InChI is InChI=1S/C17H14F2N2O2/c18-13-8-9-16(15(19)12-13)23-11-5-4-10-20-17(22)21-14-6-2-1-3-7-14/h1-3,6-9,12H,10-11H2,(H2,20,21,22). The van der Waals surface area contributed by atoms with E-state index in [2.05, 4.69) is 22.5 Å². The van der Waals surface area contributed by atoms with E-state index in [1.165, 1.54) is 6.07 Å². The van der Waals surface area contributed by atoms with Gasteiger partial charge >= 0.3 is 6.03 Å². The molecule has 23 heavy (non-hydrogen) atoms. The van der Waals surface area contributed by atoms with Crippen LogP contribution in [-0.4, -0.2) is 19.2 Å². The zero-order valence-corrected chi connectivity index (χ0v) is 12.1. The van der Waals surface area contributed by atoms with Crippen LogP contribution in [0, 0.1) is 23.5 Å². The summed E-state index contributed by atoms with van der Waals surface area (Å²) in [6.45, 7) is 0.0540. The third kappa shape index (κ3) is 5.67. The van der Waals surface area contributed by atoms with Crippen molar-refractivity contribution in [3.63, 3.8) is 0 Å². The second kappa shape index (κ2) is 8.39. The summed E-state index contributed by atoms with van der Waals surface area (Å²) in [5.41, 5.74) is 0.674. The molecule has 0 saturated carbocycles. The first kappa shape index (κ1) is 16.3. The average molecular weight is 316 g/mol.